The topological polar surface area (TPSA) is 50.1 Å². The van der Waals surface area contributed by atoms with Gasteiger partial charge in [0.2, 0.25) is 0 Å². The maximum absolute atomic E-state index is 10.5. The molecule has 1 heterocycles. The summed E-state index contributed by atoms with van der Waals surface area (Å²) in [6, 6.07) is 0. The van der Waals surface area contributed by atoms with E-state index in [1.54, 1.807) is 10.9 Å². The van der Waals surface area contributed by atoms with Gasteiger partial charge in [-0.3, -0.25) is 4.68 Å². The van der Waals surface area contributed by atoms with Gasteiger partial charge >= 0.3 is 0 Å². The molecule has 0 aromatic carbocycles. The van der Waals surface area contributed by atoms with E-state index in [0.29, 0.717) is 12.5 Å². The molecule has 0 spiro atoms. The van der Waals surface area contributed by atoms with E-state index in [1.165, 1.54) is 18.4 Å². The maximum Gasteiger partial charge on any atom is 0.102 e. The van der Waals surface area contributed by atoms with Crippen molar-refractivity contribution >= 4 is 0 Å². The maximum atomic E-state index is 10.5. The summed E-state index contributed by atoms with van der Waals surface area (Å²) >= 11 is 0. The highest BCUT2D eigenvalue weighted by molar-refractivity contribution is 5.15. The van der Waals surface area contributed by atoms with Crippen LogP contribution in [0, 0.1) is 11.8 Å². The Morgan fingerprint density at radius 2 is 2.30 bits per heavy atom. The third-order valence-electron chi connectivity index (χ3n) is 4.52. The Morgan fingerprint density at radius 1 is 1.55 bits per heavy atom. The smallest absolute Gasteiger partial charge is 0.102 e. The highest BCUT2D eigenvalue weighted by Crippen LogP contribution is 2.29. The quantitative estimate of drug-likeness (QED) is 0.811. The first-order chi connectivity index (χ1) is 9.40. The molecule has 1 aromatic heterocycles. The molecule has 0 radical (unpaired) electrons. The van der Waals surface area contributed by atoms with Crippen LogP contribution in [-0.4, -0.2) is 28.0 Å². The zero-order valence-electron chi connectivity index (χ0n) is 13.1. The van der Waals surface area contributed by atoms with Crippen molar-refractivity contribution in [2.75, 3.05) is 13.1 Å². The average Bonchev–Trinajstić information content (AvgIpc) is 2.80. The predicted molar refractivity (Wildman–Crippen MR) is 81.3 cm³/mol. The summed E-state index contributed by atoms with van der Waals surface area (Å²) in [5, 5.41) is 18.1. The summed E-state index contributed by atoms with van der Waals surface area (Å²) in [7, 11) is 1.87. The lowest BCUT2D eigenvalue weighted by atomic mass is 9.80. The minimum absolute atomic E-state index is 0.551. The Bertz CT molecular complexity index is 476. The first-order valence-electron chi connectivity index (χ1n) is 7.49. The van der Waals surface area contributed by atoms with E-state index in [1.807, 2.05) is 20.2 Å². The third kappa shape index (κ3) is 3.49. The molecule has 1 aliphatic rings. The number of rotatable bonds is 5. The van der Waals surface area contributed by atoms with Gasteiger partial charge in [0.05, 0.1) is 6.20 Å². The van der Waals surface area contributed by atoms with Crippen LogP contribution in [-0.2, 0) is 12.6 Å². The Morgan fingerprint density at radius 3 is 2.90 bits per heavy atom. The number of aryl methyl sites for hydroxylation is 1. The van der Waals surface area contributed by atoms with E-state index in [4.69, 9.17) is 0 Å². The fraction of sp³-hybridized carbons (Fsp3) is 0.688. The molecule has 0 aliphatic heterocycles. The number of hydrogen-bond acceptors (Lipinski definition) is 3. The van der Waals surface area contributed by atoms with Crippen molar-refractivity contribution in [1.82, 2.24) is 15.1 Å². The number of aliphatic hydroxyl groups is 1. The monoisotopic (exact) mass is 277 g/mol. The average molecular weight is 277 g/mol. The van der Waals surface area contributed by atoms with Crippen molar-refractivity contribution in [3.8, 4) is 0 Å². The van der Waals surface area contributed by atoms with E-state index >= 15 is 0 Å². The highest BCUT2D eigenvalue weighted by atomic mass is 16.3. The van der Waals surface area contributed by atoms with Crippen LogP contribution in [0.4, 0.5) is 0 Å². The molecule has 0 saturated heterocycles. The number of allylic oxidation sites excluding steroid dienone is 1. The molecule has 3 atom stereocenters. The van der Waals surface area contributed by atoms with E-state index < -0.39 is 5.60 Å². The molecular formula is C16H27N3O. The Hall–Kier alpha value is -1.13. The van der Waals surface area contributed by atoms with Crippen LogP contribution in [0.25, 0.3) is 0 Å². The van der Waals surface area contributed by atoms with E-state index in [-0.39, 0.29) is 0 Å². The van der Waals surface area contributed by atoms with Crippen molar-refractivity contribution in [3.63, 3.8) is 0 Å². The minimum atomic E-state index is -0.871. The molecule has 0 unspecified atom stereocenters. The summed E-state index contributed by atoms with van der Waals surface area (Å²) in [5.74, 6) is 1.31. The van der Waals surface area contributed by atoms with Gasteiger partial charge in [0.25, 0.3) is 0 Å². The highest BCUT2D eigenvalue weighted by Gasteiger charge is 2.26. The number of aromatic nitrogens is 2. The van der Waals surface area contributed by atoms with Crippen LogP contribution in [0.2, 0.25) is 0 Å². The van der Waals surface area contributed by atoms with Crippen LogP contribution < -0.4 is 5.32 Å². The molecule has 4 heteroatoms. The predicted octanol–water partition coefficient (Wildman–Crippen LogP) is 2.21. The van der Waals surface area contributed by atoms with Gasteiger partial charge in [-0.2, -0.15) is 5.10 Å². The number of nitrogens with one attached hydrogen (secondary N) is 1. The van der Waals surface area contributed by atoms with Gasteiger partial charge < -0.3 is 10.4 Å². The molecule has 2 rings (SSSR count). The van der Waals surface area contributed by atoms with Gasteiger partial charge in [-0.25, -0.2) is 0 Å². The van der Waals surface area contributed by atoms with Gasteiger partial charge in [0.1, 0.15) is 5.60 Å². The molecular weight excluding hydrogens is 250 g/mol. The second kappa shape index (κ2) is 6.10. The standard InChI is InChI=1S/C16H27N3O/c1-12-6-5-7-13(2)15(12)9-17-11-16(3,20)14-8-18-19(4)10-14/h6,8,10,13,15,17,20H,5,7,9,11H2,1-4H3/t13-,15-,16-/m0/s1. The normalized spacial score (nSPS) is 26.1. The van der Waals surface area contributed by atoms with Crippen molar-refractivity contribution in [2.24, 2.45) is 18.9 Å². The van der Waals surface area contributed by atoms with Crippen LogP contribution in [0.1, 0.15) is 39.2 Å². The Kier molecular flexibility index (Phi) is 4.66. The van der Waals surface area contributed by atoms with Crippen molar-refractivity contribution < 1.29 is 5.11 Å². The van der Waals surface area contributed by atoms with Crippen molar-refractivity contribution in [3.05, 3.63) is 29.6 Å². The SMILES string of the molecule is CC1=CCC[C@H](C)[C@H]1CNC[C@](C)(O)c1cnn(C)c1. The van der Waals surface area contributed by atoms with E-state index in [9.17, 15) is 5.11 Å². The third-order valence-corrected chi connectivity index (χ3v) is 4.52. The lowest BCUT2D eigenvalue weighted by Gasteiger charge is -2.30. The van der Waals surface area contributed by atoms with Crippen LogP contribution in [0.15, 0.2) is 24.0 Å². The molecule has 0 saturated carbocycles. The first-order valence-corrected chi connectivity index (χ1v) is 7.49. The van der Waals surface area contributed by atoms with Gasteiger partial charge in [-0.05, 0) is 38.5 Å². The van der Waals surface area contributed by atoms with Gasteiger partial charge in [-0.15, -0.1) is 0 Å². The van der Waals surface area contributed by atoms with E-state index in [2.05, 4.69) is 30.3 Å². The van der Waals surface area contributed by atoms with E-state index in [0.717, 1.165) is 18.0 Å². The van der Waals surface area contributed by atoms with Crippen molar-refractivity contribution in [1.29, 1.82) is 0 Å². The Balaban J connectivity index is 1.89. The molecule has 4 nitrogen and oxygen atoms in total. The lowest BCUT2D eigenvalue weighted by Crippen LogP contribution is -2.39. The molecule has 0 fully saturated rings. The van der Waals surface area contributed by atoms with Gasteiger partial charge in [0.15, 0.2) is 0 Å². The van der Waals surface area contributed by atoms with Gasteiger partial charge in [0, 0.05) is 31.9 Å². The fourth-order valence-electron chi connectivity index (χ4n) is 3.01. The molecule has 1 aromatic rings. The molecule has 20 heavy (non-hydrogen) atoms. The summed E-state index contributed by atoms with van der Waals surface area (Å²) in [6.07, 6.45) is 8.43. The second-order valence-corrected chi connectivity index (χ2v) is 6.42. The van der Waals surface area contributed by atoms with Crippen LogP contribution >= 0.6 is 0 Å². The molecule has 0 amide bonds. The Labute approximate surface area is 121 Å². The molecule has 2 N–H and O–H groups in total. The van der Waals surface area contributed by atoms with Crippen LogP contribution in [0.5, 0.6) is 0 Å². The summed E-state index contributed by atoms with van der Waals surface area (Å²) in [4.78, 5) is 0. The number of hydrogen-bond donors (Lipinski definition) is 2. The van der Waals surface area contributed by atoms with Crippen LogP contribution in [0.3, 0.4) is 0 Å². The molecule has 112 valence electrons. The zero-order chi connectivity index (χ0) is 14.8. The first kappa shape index (κ1) is 15.3. The summed E-state index contributed by atoms with van der Waals surface area (Å²) in [6.45, 7) is 7.86. The fourth-order valence-corrected chi connectivity index (χ4v) is 3.01. The zero-order valence-corrected chi connectivity index (χ0v) is 13.1. The molecule has 1 aliphatic carbocycles. The lowest BCUT2D eigenvalue weighted by molar-refractivity contribution is 0.0555. The van der Waals surface area contributed by atoms with Crippen molar-refractivity contribution in [2.45, 2.75) is 39.2 Å². The largest absolute Gasteiger partial charge is 0.384 e. The molecule has 0 bridgehead atoms. The summed E-state index contributed by atoms with van der Waals surface area (Å²) < 4.78 is 1.72. The second-order valence-electron chi connectivity index (χ2n) is 6.42. The summed E-state index contributed by atoms with van der Waals surface area (Å²) in [5.41, 5.74) is 1.47. The number of nitrogens with zero attached hydrogens (tertiary/aromatic N) is 2. The minimum Gasteiger partial charge on any atom is -0.384 e. The van der Waals surface area contributed by atoms with Gasteiger partial charge in [-0.1, -0.05) is 18.6 Å².